The van der Waals surface area contributed by atoms with E-state index in [9.17, 15) is 9.59 Å². The van der Waals surface area contributed by atoms with Gasteiger partial charge in [-0.2, -0.15) is 0 Å². The fourth-order valence-corrected chi connectivity index (χ4v) is 3.06. The highest BCUT2D eigenvalue weighted by molar-refractivity contribution is 9.11. The molecular weight excluding hydrogens is 380 g/mol. The van der Waals surface area contributed by atoms with Gasteiger partial charge in [-0.15, -0.1) is 11.3 Å². The van der Waals surface area contributed by atoms with Gasteiger partial charge in [0.1, 0.15) is 12.4 Å². The molecule has 0 saturated carbocycles. The number of thiophene rings is 1. The summed E-state index contributed by atoms with van der Waals surface area (Å²) < 4.78 is 6.42. The average Bonchev–Trinajstić information content (AvgIpc) is 2.99. The van der Waals surface area contributed by atoms with E-state index in [1.165, 1.54) is 16.2 Å². The topological polar surface area (TPSA) is 58.6 Å². The quantitative estimate of drug-likeness (QED) is 0.782. The van der Waals surface area contributed by atoms with Crippen LogP contribution in [-0.2, 0) is 4.79 Å². The molecule has 0 radical (unpaired) electrons. The zero-order valence-electron chi connectivity index (χ0n) is 12.6. The van der Waals surface area contributed by atoms with Gasteiger partial charge in [0.2, 0.25) is 5.91 Å². The minimum atomic E-state index is -0.247. The third-order valence-corrected chi connectivity index (χ3v) is 4.68. The van der Waals surface area contributed by atoms with Crippen molar-refractivity contribution < 1.29 is 14.3 Å². The molecule has 0 aliphatic carbocycles. The molecule has 2 aromatic rings. The first-order valence-corrected chi connectivity index (χ1v) is 8.62. The van der Waals surface area contributed by atoms with Crippen LogP contribution in [-0.4, -0.2) is 43.5 Å². The van der Waals surface area contributed by atoms with Gasteiger partial charge in [-0.25, -0.2) is 0 Å². The SMILES string of the molecule is CN(CCOc1ccccc1)C(=O)CNC(=O)c1ccc(Br)s1. The van der Waals surface area contributed by atoms with Crippen molar-refractivity contribution in [1.29, 1.82) is 0 Å². The summed E-state index contributed by atoms with van der Waals surface area (Å²) >= 11 is 4.63. The van der Waals surface area contributed by atoms with Crippen molar-refractivity contribution in [2.24, 2.45) is 0 Å². The highest BCUT2D eigenvalue weighted by atomic mass is 79.9. The number of nitrogens with one attached hydrogen (secondary N) is 1. The van der Waals surface area contributed by atoms with Crippen molar-refractivity contribution in [3.8, 4) is 5.75 Å². The molecule has 0 aliphatic rings. The molecule has 1 aromatic heterocycles. The lowest BCUT2D eigenvalue weighted by molar-refractivity contribution is -0.129. The molecule has 0 unspecified atom stereocenters. The first-order valence-electron chi connectivity index (χ1n) is 7.01. The summed E-state index contributed by atoms with van der Waals surface area (Å²) in [6.45, 7) is 0.822. The van der Waals surface area contributed by atoms with Gasteiger partial charge in [-0.1, -0.05) is 18.2 Å². The van der Waals surface area contributed by atoms with Gasteiger partial charge in [0, 0.05) is 7.05 Å². The second-order valence-electron chi connectivity index (χ2n) is 4.76. The lowest BCUT2D eigenvalue weighted by Gasteiger charge is -2.17. The number of hydrogen-bond acceptors (Lipinski definition) is 4. The Labute approximate surface area is 147 Å². The largest absolute Gasteiger partial charge is 0.492 e. The van der Waals surface area contributed by atoms with E-state index in [-0.39, 0.29) is 18.4 Å². The van der Waals surface area contributed by atoms with Crippen LogP contribution in [0.25, 0.3) is 0 Å². The Morgan fingerprint density at radius 3 is 2.61 bits per heavy atom. The highest BCUT2D eigenvalue weighted by Gasteiger charge is 2.13. The molecule has 0 saturated heterocycles. The molecule has 2 amide bonds. The Kier molecular flexibility index (Phi) is 6.61. The van der Waals surface area contributed by atoms with E-state index in [1.54, 1.807) is 19.2 Å². The maximum Gasteiger partial charge on any atom is 0.261 e. The molecule has 7 heteroatoms. The minimum absolute atomic E-state index is 0.0316. The number of ether oxygens (including phenoxy) is 1. The van der Waals surface area contributed by atoms with Crippen molar-refractivity contribution in [3.63, 3.8) is 0 Å². The number of nitrogens with zero attached hydrogens (tertiary/aromatic N) is 1. The number of rotatable bonds is 7. The molecule has 0 bridgehead atoms. The van der Waals surface area contributed by atoms with Crippen LogP contribution in [0.1, 0.15) is 9.67 Å². The standard InChI is InChI=1S/C16H17BrN2O3S/c1-19(9-10-22-12-5-3-2-4-6-12)15(20)11-18-16(21)13-7-8-14(17)23-13/h2-8H,9-11H2,1H3,(H,18,21). The fourth-order valence-electron chi connectivity index (χ4n) is 1.76. The van der Waals surface area contributed by atoms with E-state index in [0.717, 1.165) is 9.54 Å². The van der Waals surface area contributed by atoms with Gasteiger partial charge in [0.05, 0.1) is 21.8 Å². The van der Waals surface area contributed by atoms with Gasteiger partial charge in [0.15, 0.2) is 0 Å². The zero-order valence-corrected chi connectivity index (χ0v) is 15.0. The maximum absolute atomic E-state index is 12.0. The van der Waals surface area contributed by atoms with Crippen LogP contribution in [0.2, 0.25) is 0 Å². The third kappa shape index (κ3) is 5.69. The number of amides is 2. The summed E-state index contributed by atoms with van der Waals surface area (Å²) in [5.74, 6) is 0.360. The second-order valence-corrected chi connectivity index (χ2v) is 7.23. The van der Waals surface area contributed by atoms with Crippen molar-refractivity contribution in [1.82, 2.24) is 10.2 Å². The van der Waals surface area contributed by atoms with E-state index < -0.39 is 0 Å². The number of benzene rings is 1. The molecule has 0 atom stereocenters. The maximum atomic E-state index is 12.0. The highest BCUT2D eigenvalue weighted by Crippen LogP contribution is 2.21. The summed E-state index contributed by atoms with van der Waals surface area (Å²) in [6, 6.07) is 12.9. The Morgan fingerprint density at radius 2 is 1.96 bits per heavy atom. The van der Waals surface area contributed by atoms with Gasteiger partial charge in [-0.3, -0.25) is 9.59 Å². The monoisotopic (exact) mass is 396 g/mol. The van der Waals surface area contributed by atoms with Crippen molar-refractivity contribution in [3.05, 3.63) is 51.1 Å². The number of likely N-dealkylation sites (N-methyl/N-ethyl adjacent to an activating group) is 1. The van der Waals surface area contributed by atoms with Gasteiger partial charge >= 0.3 is 0 Å². The number of carbonyl (C=O) groups is 2. The third-order valence-electron chi connectivity index (χ3n) is 3.06. The molecule has 0 aliphatic heterocycles. The average molecular weight is 397 g/mol. The van der Waals surface area contributed by atoms with E-state index in [1.807, 2.05) is 30.3 Å². The molecule has 1 N–H and O–H groups in total. The van der Waals surface area contributed by atoms with E-state index in [0.29, 0.717) is 18.0 Å². The Hall–Kier alpha value is -1.86. The van der Waals surface area contributed by atoms with Crippen LogP contribution in [0.4, 0.5) is 0 Å². The van der Waals surface area contributed by atoms with Crippen molar-refractivity contribution >= 4 is 39.1 Å². The smallest absolute Gasteiger partial charge is 0.261 e. The van der Waals surface area contributed by atoms with Crippen molar-refractivity contribution in [2.45, 2.75) is 0 Å². The molecule has 5 nitrogen and oxygen atoms in total. The summed E-state index contributed by atoms with van der Waals surface area (Å²) in [7, 11) is 1.69. The minimum Gasteiger partial charge on any atom is -0.492 e. The first-order chi connectivity index (χ1) is 11.1. The van der Waals surface area contributed by atoms with E-state index >= 15 is 0 Å². The van der Waals surface area contributed by atoms with Gasteiger partial charge in [-0.05, 0) is 40.2 Å². The van der Waals surface area contributed by atoms with Crippen LogP contribution in [0.3, 0.4) is 0 Å². The van der Waals surface area contributed by atoms with Gasteiger partial charge in [0.25, 0.3) is 5.91 Å². The second kappa shape index (κ2) is 8.69. The molecular formula is C16H17BrN2O3S. The predicted molar refractivity (Wildman–Crippen MR) is 93.9 cm³/mol. The molecule has 122 valence electrons. The molecule has 23 heavy (non-hydrogen) atoms. The molecule has 0 fully saturated rings. The van der Waals surface area contributed by atoms with Crippen molar-refractivity contribution in [2.75, 3.05) is 26.7 Å². The van der Waals surface area contributed by atoms with E-state index in [2.05, 4.69) is 21.2 Å². The zero-order chi connectivity index (χ0) is 16.7. The van der Waals surface area contributed by atoms with E-state index in [4.69, 9.17) is 4.74 Å². The van der Waals surface area contributed by atoms with Crippen LogP contribution < -0.4 is 10.1 Å². The lowest BCUT2D eigenvalue weighted by atomic mass is 10.3. The van der Waals surface area contributed by atoms with Crippen LogP contribution >= 0.6 is 27.3 Å². The fraction of sp³-hybridized carbons (Fsp3) is 0.250. The number of carbonyl (C=O) groups excluding carboxylic acids is 2. The molecule has 1 aromatic carbocycles. The summed E-state index contributed by atoms with van der Waals surface area (Å²) in [4.78, 5) is 25.9. The summed E-state index contributed by atoms with van der Waals surface area (Å²) in [6.07, 6.45) is 0. The Morgan fingerprint density at radius 1 is 1.22 bits per heavy atom. The summed E-state index contributed by atoms with van der Waals surface area (Å²) in [5, 5.41) is 2.62. The molecule has 2 rings (SSSR count). The first kappa shape index (κ1) is 17.5. The lowest BCUT2D eigenvalue weighted by Crippen LogP contribution is -2.39. The number of para-hydroxylation sites is 1. The normalized spacial score (nSPS) is 10.2. The molecule has 1 heterocycles. The number of hydrogen-bond donors (Lipinski definition) is 1. The van der Waals surface area contributed by atoms with Crippen LogP contribution in [0.5, 0.6) is 5.75 Å². The Balaban J connectivity index is 1.69. The predicted octanol–water partition coefficient (Wildman–Crippen LogP) is 2.78. The molecule has 0 spiro atoms. The van der Waals surface area contributed by atoms with Crippen LogP contribution in [0, 0.1) is 0 Å². The van der Waals surface area contributed by atoms with Crippen LogP contribution in [0.15, 0.2) is 46.3 Å². The summed E-state index contributed by atoms with van der Waals surface area (Å²) in [5.41, 5.74) is 0. The number of halogens is 1. The van der Waals surface area contributed by atoms with Gasteiger partial charge < -0.3 is 15.0 Å². The Bertz CT molecular complexity index is 660.